The van der Waals surface area contributed by atoms with Gasteiger partial charge in [0.15, 0.2) is 23.0 Å². The van der Waals surface area contributed by atoms with E-state index < -0.39 is 0 Å². The molecule has 0 aliphatic rings. The van der Waals surface area contributed by atoms with Gasteiger partial charge < -0.3 is 28.0 Å². The maximum Gasteiger partial charge on any atom is 0.316 e. The topological polar surface area (TPSA) is 115 Å². The molecule has 0 amide bonds. The van der Waals surface area contributed by atoms with Crippen molar-refractivity contribution in [1.29, 1.82) is 0 Å². The lowest BCUT2D eigenvalue weighted by Gasteiger charge is -2.07. The Labute approximate surface area is 171 Å². The highest BCUT2D eigenvalue weighted by Gasteiger charge is 2.19. The van der Waals surface area contributed by atoms with Gasteiger partial charge in [0.25, 0.3) is 0 Å². The Morgan fingerprint density at radius 3 is 1.33 bits per heavy atom. The fraction of sp³-hybridized carbons (Fsp3) is 0.200. The normalized spacial score (nSPS) is 10.7. The Morgan fingerprint density at radius 2 is 0.967 bits per heavy atom. The first-order valence-electron chi connectivity index (χ1n) is 8.79. The van der Waals surface area contributed by atoms with Crippen molar-refractivity contribution in [1.82, 2.24) is 20.3 Å². The number of nitrogens with zero attached hydrogens (tertiary/aromatic N) is 4. The second kappa shape index (κ2) is 8.11. The molecule has 30 heavy (non-hydrogen) atoms. The van der Waals surface area contributed by atoms with Crippen LogP contribution in [-0.2, 0) is 0 Å². The average molecular weight is 410 g/mol. The Balaban J connectivity index is 1.62. The number of methoxy groups -OCH3 is 4. The number of benzene rings is 2. The largest absolute Gasteiger partial charge is 0.493 e. The van der Waals surface area contributed by atoms with Gasteiger partial charge in [0.2, 0.25) is 11.6 Å². The van der Waals surface area contributed by atoms with Gasteiger partial charge in [0.05, 0.1) is 28.4 Å². The molecule has 2 aromatic carbocycles. The van der Waals surface area contributed by atoms with Crippen LogP contribution in [0.2, 0.25) is 0 Å². The van der Waals surface area contributed by atoms with Gasteiger partial charge in [-0.3, -0.25) is 0 Å². The third kappa shape index (κ3) is 3.50. The summed E-state index contributed by atoms with van der Waals surface area (Å²) in [5.41, 5.74) is 1.37. The third-order valence-electron chi connectivity index (χ3n) is 4.32. The first-order chi connectivity index (χ1) is 14.7. The minimum atomic E-state index is 0.0963. The van der Waals surface area contributed by atoms with Crippen LogP contribution in [-0.4, -0.2) is 48.7 Å². The van der Waals surface area contributed by atoms with Gasteiger partial charge in [-0.1, -0.05) is 10.3 Å². The van der Waals surface area contributed by atoms with Crippen molar-refractivity contribution >= 4 is 0 Å². The monoisotopic (exact) mass is 410 g/mol. The minimum Gasteiger partial charge on any atom is -0.493 e. The molecule has 154 valence electrons. The van der Waals surface area contributed by atoms with E-state index in [-0.39, 0.29) is 11.8 Å². The second-order valence-electron chi connectivity index (χ2n) is 5.99. The Kier molecular flexibility index (Phi) is 5.21. The molecule has 4 aromatic rings. The highest BCUT2D eigenvalue weighted by molar-refractivity contribution is 5.64. The van der Waals surface area contributed by atoms with Gasteiger partial charge >= 0.3 is 11.8 Å². The fourth-order valence-corrected chi connectivity index (χ4v) is 2.81. The van der Waals surface area contributed by atoms with Crippen molar-refractivity contribution in [2.75, 3.05) is 28.4 Å². The van der Waals surface area contributed by atoms with E-state index in [1.807, 2.05) is 0 Å². The lowest BCUT2D eigenvalue weighted by Crippen LogP contribution is -1.91. The molecule has 2 heterocycles. The second-order valence-corrected chi connectivity index (χ2v) is 5.99. The van der Waals surface area contributed by atoms with Crippen LogP contribution in [0.25, 0.3) is 34.6 Å². The van der Waals surface area contributed by atoms with E-state index in [0.717, 1.165) is 0 Å². The number of aromatic nitrogens is 4. The molecule has 0 saturated carbocycles. The molecule has 2 aromatic heterocycles. The maximum absolute atomic E-state index is 5.31. The molecule has 0 fully saturated rings. The van der Waals surface area contributed by atoms with Crippen LogP contribution < -0.4 is 18.9 Å². The van der Waals surface area contributed by atoms with Gasteiger partial charge in [-0.2, -0.15) is 9.97 Å². The smallest absolute Gasteiger partial charge is 0.316 e. The van der Waals surface area contributed by atoms with Crippen LogP contribution in [0.3, 0.4) is 0 Å². The zero-order valence-corrected chi connectivity index (χ0v) is 16.7. The molecule has 0 saturated heterocycles. The predicted molar refractivity (Wildman–Crippen MR) is 105 cm³/mol. The van der Waals surface area contributed by atoms with E-state index in [4.69, 9.17) is 28.0 Å². The lowest BCUT2D eigenvalue weighted by molar-refractivity contribution is 0.355. The first kappa shape index (κ1) is 19.2. The summed E-state index contributed by atoms with van der Waals surface area (Å²) < 4.78 is 31.7. The van der Waals surface area contributed by atoms with Crippen molar-refractivity contribution in [3.05, 3.63) is 36.4 Å². The molecular formula is C20H18N4O6. The fourth-order valence-electron chi connectivity index (χ4n) is 2.81. The van der Waals surface area contributed by atoms with Gasteiger partial charge in [0.1, 0.15) is 0 Å². The molecule has 0 radical (unpaired) electrons. The quantitative estimate of drug-likeness (QED) is 0.448. The summed E-state index contributed by atoms with van der Waals surface area (Å²) in [5.74, 6) is 3.18. The lowest BCUT2D eigenvalue weighted by atomic mass is 10.2. The summed E-state index contributed by atoms with van der Waals surface area (Å²) in [5, 5.41) is 7.96. The van der Waals surface area contributed by atoms with Crippen molar-refractivity contribution in [2.45, 2.75) is 0 Å². The van der Waals surface area contributed by atoms with E-state index in [2.05, 4.69) is 20.3 Å². The molecule has 0 spiro atoms. The van der Waals surface area contributed by atoms with E-state index in [0.29, 0.717) is 45.8 Å². The highest BCUT2D eigenvalue weighted by atomic mass is 16.5. The van der Waals surface area contributed by atoms with E-state index in [1.165, 1.54) is 0 Å². The zero-order valence-electron chi connectivity index (χ0n) is 16.7. The predicted octanol–water partition coefficient (Wildman–Crippen LogP) is 3.49. The highest BCUT2D eigenvalue weighted by Crippen LogP contribution is 2.33. The SMILES string of the molecule is COc1ccc(-c2noc(-c3nc(-c4ccc(OC)c(OC)c4)no3)n2)cc1OC. The maximum atomic E-state index is 5.31. The van der Waals surface area contributed by atoms with Crippen molar-refractivity contribution < 1.29 is 28.0 Å². The molecule has 0 atom stereocenters. The third-order valence-corrected chi connectivity index (χ3v) is 4.32. The number of rotatable bonds is 7. The van der Waals surface area contributed by atoms with Crippen LogP contribution >= 0.6 is 0 Å². The van der Waals surface area contributed by atoms with Gasteiger partial charge in [-0.15, -0.1) is 0 Å². The van der Waals surface area contributed by atoms with Crippen LogP contribution in [0, 0.1) is 0 Å². The van der Waals surface area contributed by atoms with E-state index in [9.17, 15) is 0 Å². The minimum absolute atomic E-state index is 0.0963. The van der Waals surface area contributed by atoms with Gasteiger partial charge in [0, 0.05) is 11.1 Å². The standard InChI is InChI=1S/C20H18N4O6/c1-25-13-7-5-11(9-15(13)27-3)17-21-19(29-23-17)20-22-18(24-30-20)12-6-8-14(26-2)16(10-12)28-4/h5-10H,1-4H3. The molecule has 0 aliphatic carbocycles. The van der Waals surface area contributed by atoms with Crippen molar-refractivity contribution in [3.8, 4) is 57.6 Å². The summed E-state index contributed by atoms with van der Waals surface area (Å²) in [6, 6.07) is 10.6. The van der Waals surface area contributed by atoms with E-state index in [1.54, 1.807) is 64.8 Å². The molecule has 0 N–H and O–H groups in total. The number of hydrogen-bond donors (Lipinski definition) is 0. The molecule has 0 bridgehead atoms. The molecule has 0 aliphatic heterocycles. The van der Waals surface area contributed by atoms with Crippen LogP contribution in [0.4, 0.5) is 0 Å². The summed E-state index contributed by atoms with van der Waals surface area (Å²) in [6.07, 6.45) is 0. The summed E-state index contributed by atoms with van der Waals surface area (Å²) in [6.45, 7) is 0. The number of hydrogen-bond acceptors (Lipinski definition) is 10. The molecule has 10 heteroatoms. The van der Waals surface area contributed by atoms with Crippen LogP contribution in [0.15, 0.2) is 45.4 Å². The summed E-state index contributed by atoms with van der Waals surface area (Å²) in [4.78, 5) is 8.67. The Bertz CT molecular complexity index is 1080. The Hall–Kier alpha value is -4.08. The van der Waals surface area contributed by atoms with Crippen LogP contribution in [0.1, 0.15) is 0 Å². The zero-order chi connectivity index (χ0) is 21.1. The first-order valence-corrected chi connectivity index (χ1v) is 8.79. The van der Waals surface area contributed by atoms with Gasteiger partial charge in [-0.25, -0.2) is 0 Å². The molecule has 4 rings (SSSR count). The van der Waals surface area contributed by atoms with Crippen LogP contribution in [0.5, 0.6) is 23.0 Å². The van der Waals surface area contributed by atoms with Crippen molar-refractivity contribution in [3.63, 3.8) is 0 Å². The average Bonchev–Trinajstić information content (AvgIpc) is 3.48. The molecule has 0 unspecified atom stereocenters. The van der Waals surface area contributed by atoms with E-state index >= 15 is 0 Å². The molecule has 10 nitrogen and oxygen atoms in total. The summed E-state index contributed by atoms with van der Waals surface area (Å²) in [7, 11) is 6.24. The molecular weight excluding hydrogens is 392 g/mol. The summed E-state index contributed by atoms with van der Waals surface area (Å²) >= 11 is 0. The Morgan fingerprint density at radius 1 is 0.567 bits per heavy atom. The number of ether oxygens (including phenoxy) is 4. The van der Waals surface area contributed by atoms with Crippen molar-refractivity contribution in [2.24, 2.45) is 0 Å². The van der Waals surface area contributed by atoms with Gasteiger partial charge in [-0.05, 0) is 36.4 Å².